The summed E-state index contributed by atoms with van der Waals surface area (Å²) in [5, 5.41) is 9.62. The molecule has 1 aliphatic carbocycles. The highest BCUT2D eigenvalue weighted by Crippen LogP contribution is 2.31. The molecule has 0 radical (unpaired) electrons. The fourth-order valence-electron chi connectivity index (χ4n) is 3.74. The van der Waals surface area contributed by atoms with Crippen molar-refractivity contribution in [1.82, 2.24) is 19.7 Å². The van der Waals surface area contributed by atoms with E-state index >= 15 is 0 Å². The molecule has 0 saturated heterocycles. The zero-order valence-electron chi connectivity index (χ0n) is 14.7. The van der Waals surface area contributed by atoms with Crippen molar-refractivity contribution in [3.63, 3.8) is 0 Å². The Hall–Kier alpha value is -2.92. The zero-order valence-corrected chi connectivity index (χ0v) is 15.4. The fraction of sp³-hybridized carbons (Fsp3) is 0.190. The van der Waals surface area contributed by atoms with E-state index in [1.807, 2.05) is 30.5 Å². The molecule has 0 spiro atoms. The SMILES string of the molecule is Clc1ccc(-n2ncc3c(Nc4cccc5c4CCCC5)ncnc32)cc1. The maximum absolute atomic E-state index is 6.00. The first-order valence-corrected chi connectivity index (χ1v) is 9.50. The van der Waals surface area contributed by atoms with Gasteiger partial charge in [0.05, 0.1) is 17.3 Å². The van der Waals surface area contributed by atoms with E-state index in [2.05, 4.69) is 38.6 Å². The van der Waals surface area contributed by atoms with Gasteiger partial charge in [0, 0.05) is 10.7 Å². The predicted octanol–water partition coefficient (Wildman–Crippen LogP) is 5.09. The summed E-state index contributed by atoms with van der Waals surface area (Å²) in [6.07, 6.45) is 8.15. The lowest BCUT2D eigenvalue weighted by molar-refractivity contribution is 0.687. The Morgan fingerprint density at radius 2 is 1.81 bits per heavy atom. The molecule has 2 aromatic carbocycles. The molecule has 0 amide bonds. The van der Waals surface area contributed by atoms with Gasteiger partial charge in [-0.2, -0.15) is 5.10 Å². The van der Waals surface area contributed by atoms with Crippen molar-refractivity contribution in [2.75, 3.05) is 5.32 Å². The molecule has 134 valence electrons. The number of hydrogen-bond donors (Lipinski definition) is 1. The number of halogens is 1. The minimum atomic E-state index is 0.695. The highest BCUT2D eigenvalue weighted by Gasteiger charge is 2.16. The summed E-state index contributed by atoms with van der Waals surface area (Å²) in [6, 6.07) is 14.0. The molecule has 4 aromatic rings. The number of anilines is 2. The third-order valence-electron chi connectivity index (χ3n) is 5.09. The van der Waals surface area contributed by atoms with Crippen LogP contribution in [0.2, 0.25) is 5.02 Å². The maximum atomic E-state index is 6.00. The van der Waals surface area contributed by atoms with Gasteiger partial charge in [-0.25, -0.2) is 14.6 Å². The Morgan fingerprint density at radius 3 is 2.70 bits per heavy atom. The van der Waals surface area contributed by atoms with Crippen LogP contribution in [-0.2, 0) is 12.8 Å². The number of nitrogens with zero attached hydrogens (tertiary/aromatic N) is 4. The van der Waals surface area contributed by atoms with Gasteiger partial charge >= 0.3 is 0 Å². The number of nitrogens with one attached hydrogen (secondary N) is 1. The van der Waals surface area contributed by atoms with Crippen LogP contribution in [0.5, 0.6) is 0 Å². The van der Waals surface area contributed by atoms with E-state index in [1.54, 1.807) is 11.0 Å². The Labute approximate surface area is 162 Å². The number of aromatic nitrogens is 4. The van der Waals surface area contributed by atoms with E-state index in [1.165, 1.54) is 24.0 Å². The quantitative estimate of drug-likeness (QED) is 0.541. The first-order valence-electron chi connectivity index (χ1n) is 9.12. The Balaban J connectivity index is 1.56. The summed E-state index contributed by atoms with van der Waals surface area (Å²) < 4.78 is 1.80. The van der Waals surface area contributed by atoms with Crippen LogP contribution in [0.4, 0.5) is 11.5 Å². The average molecular weight is 376 g/mol. The van der Waals surface area contributed by atoms with Crippen LogP contribution >= 0.6 is 11.6 Å². The van der Waals surface area contributed by atoms with E-state index in [0.717, 1.165) is 41.1 Å². The van der Waals surface area contributed by atoms with Crippen LogP contribution in [0.1, 0.15) is 24.0 Å². The molecule has 2 aromatic heterocycles. The lowest BCUT2D eigenvalue weighted by Crippen LogP contribution is -2.07. The molecule has 0 unspecified atom stereocenters. The highest BCUT2D eigenvalue weighted by molar-refractivity contribution is 6.30. The smallest absolute Gasteiger partial charge is 0.168 e. The van der Waals surface area contributed by atoms with Gasteiger partial charge in [0.25, 0.3) is 0 Å². The Morgan fingerprint density at radius 1 is 0.963 bits per heavy atom. The third kappa shape index (κ3) is 2.94. The fourth-order valence-corrected chi connectivity index (χ4v) is 3.87. The first-order chi connectivity index (χ1) is 13.3. The summed E-state index contributed by atoms with van der Waals surface area (Å²) in [5.41, 5.74) is 5.65. The second-order valence-electron chi connectivity index (χ2n) is 6.77. The van der Waals surface area contributed by atoms with Crippen LogP contribution in [-0.4, -0.2) is 19.7 Å². The van der Waals surface area contributed by atoms with Crippen LogP contribution in [0.3, 0.4) is 0 Å². The molecule has 5 rings (SSSR count). The molecule has 0 bridgehead atoms. The van der Waals surface area contributed by atoms with E-state index in [0.29, 0.717) is 5.02 Å². The molecule has 0 saturated carbocycles. The van der Waals surface area contributed by atoms with Gasteiger partial charge in [-0.1, -0.05) is 23.7 Å². The van der Waals surface area contributed by atoms with Crippen molar-refractivity contribution in [2.45, 2.75) is 25.7 Å². The van der Waals surface area contributed by atoms with Gasteiger partial charge in [-0.3, -0.25) is 0 Å². The molecule has 1 aliphatic rings. The minimum Gasteiger partial charge on any atom is -0.339 e. The summed E-state index contributed by atoms with van der Waals surface area (Å²) in [4.78, 5) is 8.92. The van der Waals surface area contributed by atoms with Crippen LogP contribution < -0.4 is 5.32 Å². The molecule has 0 fully saturated rings. The number of benzene rings is 2. The number of hydrogen-bond acceptors (Lipinski definition) is 4. The molecular formula is C21H18ClN5. The molecule has 27 heavy (non-hydrogen) atoms. The van der Waals surface area contributed by atoms with Crippen LogP contribution in [0.15, 0.2) is 55.0 Å². The maximum Gasteiger partial charge on any atom is 0.168 e. The van der Waals surface area contributed by atoms with E-state index in [9.17, 15) is 0 Å². The summed E-state index contributed by atoms with van der Waals surface area (Å²) in [6.45, 7) is 0. The third-order valence-corrected chi connectivity index (χ3v) is 5.34. The molecule has 5 nitrogen and oxygen atoms in total. The second-order valence-corrected chi connectivity index (χ2v) is 7.20. The Bertz CT molecular complexity index is 1120. The molecule has 1 N–H and O–H groups in total. The lowest BCUT2D eigenvalue weighted by Gasteiger charge is -2.20. The van der Waals surface area contributed by atoms with Crippen molar-refractivity contribution >= 4 is 34.1 Å². The first kappa shape index (κ1) is 16.3. The van der Waals surface area contributed by atoms with E-state index < -0.39 is 0 Å². The van der Waals surface area contributed by atoms with Crippen molar-refractivity contribution in [3.05, 3.63) is 71.1 Å². The van der Waals surface area contributed by atoms with Crippen molar-refractivity contribution in [3.8, 4) is 5.69 Å². The minimum absolute atomic E-state index is 0.695. The van der Waals surface area contributed by atoms with E-state index in [4.69, 9.17) is 11.6 Å². The van der Waals surface area contributed by atoms with Crippen LogP contribution in [0, 0.1) is 0 Å². The number of fused-ring (bicyclic) bond motifs is 2. The van der Waals surface area contributed by atoms with Gasteiger partial charge in [0.1, 0.15) is 12.1 Å². The second kappa shape index (κ2) is 6.67. The monoisotopic (exact) mass is 375 g/mol. The molecular weight excluding hydrogens is 358 g/mol. The van der Waals surface area contributed by atoms with Crippen LogP contribution in [0.25, 0.3) is 16.7 Å². The molecule has 0 atom stereocenters. The van der Waals surface area contributed by atoms with Gasteiger partial charge in [0.15, 0.2) is 5.65 Å². The van der Waals surface area contributed by atoms with E-state index in [-0.39, 0.29) is 0 Å². The Kier molecular flexibility index (Phi) is 4.02. The summed E-state index contributed by atoms with van der Waals surface area (Å²) in [5.74, 6) is 0.777. The number of rotatable bonds is 3. The van der Waals surface area contributed by atoms with Crippen molar-refractivity contribution in [2.24, 2.45) is 0 Å². The summed E-state index contributed by atoms with van der Waals surface area (Å²) >= 11 is 6.00. The summed E-state index contributed by atoms with van der Waals surface area (Å²) in [7, 11) is 0. The normalized spacial score (nSPS) is 13.5. The highest BCUT2D eigenvalue weighted by atomic mass is 35.5. The average Bonchev–Trinajstić information content (AvgIpc) is 3.14. The zero-order chi connectivity index (χ0) is 18.2. The molecule has 2 heterocycles. The van der Waals surface area contributed by atoms with Gasteiger partial charge in [-0.15, -0.1) is 0 Å². The van der Waals surface area contributed by atoms with Gasteiger partial charge in [-0.05, 0) is 67.1 Å². The predicted molar refractivity (Wildman–Crippen MR) is 108 cm³/mol. The topological polar surface area (TPSA) is 55.6 Å². The molecule has 6 heteroatoms. The largest absolute Gasteiger partial charge is 0.339 e. The standard InChI is InChI=1S/C21H18ClN5/c22-15-8-10-16(11-9-15)27-21-18(12-25-27)20(23-13-24-21)26-19-7-3-5-14-4-1-2-6-17(14)19/h3,5,7-13H,1-2,4,6H2,(H,23,24,26). The van der Waals surface area contributed by atoms with Gasteiger partial charge in [0.2, 0.25) is 0 Å². The van der Waals surface area contributed by atoms with Crippen molar-refractivity contribution in [1.29, 1.82) is 0 Å². The van der Waals surface area contributed by atoms with Crippen molar-refractivity contribution < 1.29 is 0 Å². The van der Waals surface area contributed by atoms with Gasteiger partial charge < -0.3 is 5.32 Å². The number of aryl methyl sites for hydroxylation is 1. The molecule has 0 aliphatic heterocycles. The lowest BCUT2D eigenvalue weighted by atomic mass is 9.90.